The minimum Gasteiger partial charge on any atom is -0.493 e. The van der Waals surface area contributed by atoms with Gasteiger partial charge >= 0.3 is 0 Å². The Morgan fingerprint density at radius 2 is 1.47 bits per heavy atom. The van der Waals surface area contributed by atoms with E-state index in [9.17, 15) is 9.59 Å². The van der Waals surface area contributed by atoms with E-state index in [1.807, 2.05) is 48.5 Å². The molecule has 0 radical (unpaired) electrons. The zero-order valence-corrected chi connectivity index (χ0v) is 19.7. The molecule has 0 aliphatic heterocycles. The number of hydrogen-bond acceptors (Lipinski definition) is 4. The van der Waals surface area contributed by atoms with E-state index in [-0.39, 0.29) is 18.4 Å². The monoisotopic (exact) mass is 459 g/mol. The van der Waals surface area contributed by atoms with Crippen LogP contribution in [0.5, 0.6) is 5.75 Å². The molecule has 0 atom stereocenters. The molecule has 0 aromatic heterocycles. The van der Waals surface area contributed by atoms with Crippen LogP contribution in [0.15, 0.2) is 78.9 Å². The molecule has 0 unspecified atom stereocenters. The van der Waals surface area contributed by atoms with Crippen LogP contribution in [0.1, 0.15) is 38.2 Å². The first-order valence-corrected chi connectivity index (χ1v) is 11.8. The van der Waals surface area contributed by atoms with Gasteiger partial charge in [-0.05, 0) is 42.3 Å². The Balaban J connectivity index is 1.43. The molecular formula is C28H33N3O3. The highest BCUT2D eigenvalue weighted by molar-refractivity contribution is 5.95. The number of nitrogens with one attached hydrogen (secondary N) is 3. The number of carbonyl (C=O) groups is 2. The number of unbranched alkanes of at least 4 members (excludes halogenated alkanes) is 2. The van der Waals surface area contributed by atoms with Crippen molar-refractivity contribution < 1.29 is 14.3 Å². The summed E-state index contributed by atoms with van der Waals surface area (Å²) in [5.41, 5.74) is 3.35. The van der Waals surface area contributed by atoms with E-state index in [1.165, 1.54) is 5.56 Å². The van der Waals surface area contributed by atoms with Crippen LogP contribution in [0.3, 0.4) is 0 Å². The second kappa shape index (κ2) is 13.7. The maximum Gasteiger partial charge on any atom is 0.243 e. The summed E-state index contributed by atoms with van der Waals surface area (Å²) in [6.07, 6.45) is 4.33. The summed E-state index contributed by atoms with van der Waals surface area (Å²) >= 11 is 0. The van der Waals surface area contributed by atoms with Crippen molar-refractivity contribution in [2.24, 2.45) is 0 Å². The third-order valence-electron chi connectivity index (χ3n) is 5.23. The van der Waals surface area contributed by atoms with Gasteiger partial charge < -0.3 is 20.7 Å². The average molecular weight is 460 g/mol. The van der Waals surface area contributed by atoms with Gasteiger partial charge in [0.05, 0.1) is 13.2 Å². The fourth-order valence-electron chi connectivity index (χ4n) is 3.45. The number of benzene rings is 3. The molecule has 0 heterocycles. The lowest BCUT2D eigenvalue weighted by Gasteiger charge is -2.11. The van der Waals surface area contributed by atoms with Gasteiger partial charge in [0.25, 0.3) is 0 Å². The van der Waals surface area contributed by atoms with Gasteiger partial charge in [0.15, 0.2) is 0 Å². The SMILES string of the molecule is CCCCCC(=O)Nc1cccc(NC(=O)CNc2cccc(OCCc3ccccc3)c2)c1. The first-order chi connectivity index (χ1) is 16.6. The van der Waals surface area contributed by atoms with Crippen molar-refractivity contribution in [2.75, 3.05) is 29.1 Å². The highest BCUT2D eigenvalue weighted by atomic mass is 16.5. The summed E-state index contributed by atoms with van der Waals surface area (Å²) < 4.78 is 5.85. The summed E-state index contributed by atoms with van der Waals surface area (Å²) in [7, 11) is 0. The third-order valence-corrected chi connectivity index (χ3v) is 5.23. The number of hydrogen-bond donors (Lipinski definition) is 3. The van der Waals surface area contributed by atoms with E-state index in [1.54, 1.807) is 18.2 Å². The van der Waals surface area contributed by atoms with Gasteiger partial charge in [-0.2, -0.15) is 0 Å². The lowest BCUT2D eigenvalue weighted by atomic mass is 10.2. The molecule has 0 saturated carbocycles. The molecule has 3 rings (SSSR count). The third kappa shape index (κ3) is 8.98. The molecule has 6 heteroatoms. The maximum atomic E-state index is 12.4. The van der Waals surface area contributed by atoms with Crippen molar-refractivity contribution in [3.8, 4) is 5.75 Å². The normalized spacial score (nSPS) is 10.4. The molecule has 0 aliphatic carbocycles. The van der Waals surface area contributed by atoms with E-state index in [0.717, 1.165) is 37.1 Å². The van der Waals surface area contributed by atoms with Crippen molar-refractivity contribution in [3.63, 3.8) is 0 Å². The smallest absolute Gasteiger partial charge is 0.243 e. The molecule has 3 aromatic carbocycles. The molecule has 2 amide bonds. The van der Waals surface area contributed by atoms with E-state index in [4.69, 9.17) is 4.74 Å². The minimum atomic E-state index is -0.179. The number of carbonyl (C=O) groups excluding carboxylic acids is 2. The predicted octanol–water partition coefficient (Wildman–Crippen LogP) is 5.88. The molecular weight excluding hydrogens is 426 g/mol. The number of ether oxygens (including phenoxy) is 1. The molecule has 3 aromatic rings. The zero-order valence-electron chi connectivity index (χ0n) is 19.7. The Morgan fingerprint density at radius 1 is 0.765 bits per heavy atom. The van der Waals surface area contributed by atoms with Crippen molar-refractivity contribution in [3.05, 3.63) is 84.4 Å². The number of amides is 2. The molecule has 0 spiro atoms. The number of anilines is 3. The van der Waals surface area contributed by atoms with Crippen LogP contribution in [0, 0.1) is 0 Å². The predicted molar refractivity (Wildman–Crippen MR) is 138 cm³/mol. The van der Waals surface area contributed by atoms with Crippen molar-refractivity contribution in [1.82, 2.24) is 0 Å². The Hall–Kier alpha value is -3.80. The molecule has 0 saturated heterocycles. The Labute approximate surface area is 201 Å². The number of rotatable bonds is 13. The summed E-state index contributed by atoms with van der Waals surface area (Å²) in [5, 5.41) is 8.87. The standard InChI is InChI=1S/C28H33N3O3/c1-2-3-5-16-27(32)30-24-13-8-14-25(19-24)31-28(33)21-29-23-12-9-15-26(20-23)34-18-17-22-10-6-4-7-11-22/h4,6-15,19-20,29H,2-3,5,16-18,21H2,1H3,(H,30,32)(H,31,33). The molecule has 34 heavy (non-hydrogen) atoms. The topological polar surface area (TPSA) is 79.5 Å². The summed E-state index contributed by atoms with van der Waals surface area (Å²) in [6.45, 7) is 2.80. The van der Waals surface area contributed by atoms with Crippen LogP contribution in [0.2, 0.25) is 0 Å². The second-order valence-electron chi connectivity index (χ2n) is 8.10. The van der Waals surface area contributed by atoms with Crippen LogP contribution in [0.4, 0.5) is 17.1 Å². The minimum absolute atomic E-state index is 0.00976. The fourth-order valence-corrected chi connectivity index (χ4v) is 3.45. The average Bonchev–Trinajstić information content (AvgIpc) is 2.84. The van der Waals surface area contributed by atoms with Crippen LogP contribution in [-0.4, -0.2) is 25.0 Å². The van der Waals surface area contributed by atoms with E-state index < -0.39 is 0 Å². The van der Waals surface area contributed by atoms with Gasteiger partial charge in [-0.15, -0.1) is 0 Å². The molecule has 178 valence electrons. The first kappa shape index (κ1) is 24.8. The van der Waals surface area contributed by atoms with Gasteiger partial charge in [-0.1, -0.05) is 62.2 Å². The van der Waals surface area contributed by atoms with Crippen molar-refractivity contribution in [1.29, 1.82) is 0 Å². The second-order valence-corrected chi connectivity index (χ2v) is 8.10. The van der Waals surface area contributed by atoms with Crippen LogP contribution in [-0.2, 0) is 16.0 Å². The molecule has 0 fully saturated rings. The zero-order chi connectivity index (χ0) is 24.0. The molecule has 0 aliphatic rings. The molecule has 0 bridgehead atoms. The largest absolute Gasteiger partial charge is 0.493 e. The highest BCUT2D eigenvalue weighted by Crippen LogP contribution is 2.18. The van der Waals surface area contributed by atoms with Gasteiger partial charge in [-0.25, -0.2) is 0 Å². The van der Waals surface area contributed by atoms with Gasteiger partial charge in [-0.3, -0.25) is 9.59 Å². The lowest BCUT2D eigenvalue weighted by Crippen LogP contribution is -2.21. The van der Waals surface area contributed by atoms with Crippen molar-refractivity contribution >= 4 is 28.9 Å². The van der Waals surface area contributed by atoms with Crippen molar-refractivity contribution in [2.45, 2.75) is 39.0 Å². The van der Waals surface area contributed by atoms with E-state index in [0.29, 0.717) is 24.4 Å². The van der Waals surface area contributed by atoms with Crippen LogP contribution < -0.4 is 20.7 Å². The quantitative estimate of drug-likeness (QED) is 0.279. The summed E-state index contributed by atoms with van der Waals surface area (Å²) in [5.74, 6) is 0.565. The van der Waals surface area contributed by atoms with Gasteiger partial charge in [0.1, 0.15) is 5.75 Å². The first-order valence-electron chi connectivity index (χ1n) is 11.8. The summed E-state index contributed by atoms with van der Waals surface area (Å²) in [4.78, 5) is 24.4. The van der Waals surface area contributed by atoms with Gasteiger partial charge in [0.2, 0.25) is 11.8 Å². The highest BCUT2D eigenvalue weighted by Gasteiger charge is 2.06. The lowest BCUT2D eigenvalue weighted by molar-refractivity contribution is -0.116. The molecule has 3 N–H and O–H groups in total. The summed E-state index contributed by atoms with van der Waals surface area (Å²) in [6, 6.07) is 25.0. The van der Waals surface area contributed by atoms with Crippen LogP contribution >= 0.6 is 0 Å². The Kier molecular flexibility index (Phi) is 9.99. The Bertz CT molecular complexity index is 1050. The van der Waals surface area contributed by atoms with E-state index in [2.05, 4.69) is 35.0 Å². The van der Waals surface area contributed by atoms with E-state index >= 15 is 0 Å². The van der Waals surface area contributed by atoms with Gasteiger partial charge in [0, 0.05) is 36.0 Å². The van der Waals surface area contributed by atoms with Crippen LogP contribution in [0.25, 0.3) is 0 Å². The molecule has 6 nitrogen and oxygen atoms in total. The fraction of sp³-hybridized carbons (Fsp3) is 0.286. The maximum absolute atomic E-state index is 12.4. The Morgan fingerprint density at radius 3 is 2.24 bits per heavy atom.